The number of imidazole rings is 1. The van der Waals surface area contributed by atoms with E-state index in [1.54, 1.807) is 0 Å². The first-order valence-corrected chi connectivity index (χ1v) is 11.7. The Morgan fingerprint density at radius 3 is 2.33 bits per heavy atom. The molecule has 0 radical (unpaired) electrons. The Labute approximate surface area is 225 Å². The van der Waals surface area contributed by atoms with Gasteiger partial charge in [0, 0.05) is 39.8 Å². The number of hydrogen-bond donors (Lipinski definition) is 3. The number of carbonyl (C=O) groups is 1. The third-order valence-electron chi connectivity index (χ3n) is 6.25. The van der Waals surface area contributed by atoms with Crippen LogP contribution in [0.3, 0.4) is 0 Å². The molecule has 0 saturated carbocycles. The lowest BCUT2D eigenvalue weighted by atomic mass is 9.92. The van der Waals surface area contributed by atoms with Crippen LogP contribution >= 0.6 is 11.6 Å². The lowest BCUT2D eigenvalue weighted by molar-refractivity contribution is -0.156. The summed E-state index contributed by atoms with van der Waals surface area (Å²) < 4.78 is 110. The van der Waals surface area contributed by atoms with E-state index in [4.69, 9.17) is 11.6 Å². The van der Waals surface area contributed by atoms with E-state index in [1.807, 2.05) is 0 Å². The van der Waals surface area contributed by atoms with Crippen LogP contribution in [0.2, 0.25) is 5.02 Å². The van der Waals surface area contributed by atoms with E-state index in [0.29, 0.717) is 12.1 Å². The van der Waals surface area contributed by atoms with E-state index in [0.717, 1.165) is 18.2 Å². The topological polar surface area (TPSA) is 69.8 Å². The quantitative estimate of drug-likeness (QED) is 0.216. The second-order valence-corrected chi connectivity index (χ2v) is 9.29. The SMILES string of the molecule is O=C(Nc1cc(-c2ncc[nH]2)cc2c1C(c1cc(F)ccc1Cl)NC2C(F)(F)F)c1cc(F)cc(C(F)(F)F)c1. The van der Waals surface area contributed by atoms with E-state index in [2.05, 4.69) is 20.6 Å². The summed E-state index contributed by atoms with van der Waals surface area (Å²) in [6, 6.07) is 2.97. The maximum absolute atomic E-state index is 14.2. The normalized spacial score (nSPS) is 17.1. The average molecular weight is 587 g/mol. The first-order chi connectivity index (χ1) is 18.7. The van der Waals surface area contributed by atoms with Gasteiger partial charge in [0.2, 0.25) is 0 Å². The molecule has 2 unspecified atom stereocenters. The molecule has 14 heteroatoms. The number of nitrogens with one attached hydrogen (secondary N) is 3. The van der Waals surface area contributed by atoms with Gasteiger partial charge in [-0.15, -0.1) is 0 Å². The number of anilines is 1. The molecule has 5 nitrogen and oxygen atoms in total. The van der Waals surface area contributed by atoms with Crippen molar-refractivity contribution in [1.29, 1.82) is 0 Å². The number of alkyl halides is 6. The van der Waals surface area contributed by atoms with Crippen LogP contribution < -0.4 is 10.6 Å². The standard InChI is InChI=1S/C26H15ClF8N4O/c27-18-2-1-14(28)10-16(18)21-20-17(22(39-21)26(33,34)35)7-11(23-36-3-4-37-23)8-19(20)38-24(40)12-5-13(25(30,31)32)9-15(29)6-12/h1-10,21-22,39H,(H,36,37)(H,38,40). The van der Waals surface area contributed by atoms with Crippen molar-refractivity contribution in [2.45, 2.75) is 24.4 Å². The van der Waals surface area contributed by atoms with Crippen molar-refractivity contribution in [3.63, 3.8) is 0 Å². The predicted molar refractivity (Wildman–Crippen MR) is 129 cm³/mol. The summed E-state index contributed by atoms with van der Waals surface area (Å²) >= 11 is 6.21. The number of aromatic nitrogens is 2. The minimum Gasteiger partial charge on any atom is -0.345 e. The molecule has 40 heavy (non-hydrogen) atoms. The summed E-state index contributed by atoms with van der Waals surface area (Å²) in [5.74, 6) is -3.26. The first-order valence-electron chi connectivity index (χ1n) is 11.4. The van der Waals surface area contributed by atoms with Gasteiger partial charge in [0.15, 0.2) is 0 Å². The fourth-order valence-electron chi connectivity index (χ4n) is 4.57. The van der Waals surface area contributed by atoms with Gasteiger partial charge in [0.25, 0.3) is 5.91 Å². The molecule has 0 saturated heterocycles. The molecule has 3 aromatic carbocycles. The summed E-state index contributed by atoms with van der Waals surface area (Å²) in [5.41, 5.74) is -2.95. The molecule has 0 fully saturated rings. The van der Waals surface area contributed by atoms with Gasteiger partial charge >= 0.3 is 12.4 Å². The van der Waals surface area contributed by atoms with Gasteiger partial charge < -0.3 is 10.3 Å². The summed E-state index contributed by atoms with van der Waals surface area (Å²) in [5, 5.41) is 4.61. The van der Waals surface area contributed by atoms with Crippen LogP contribution in [0, 0.1) is 11.6 Å². The van der Waals surface area contributed by atoms with Gasteiger partial charge in [-0.1, -0.05) is 11.6 Å². The van der Waals surface area contributed by atoms with Crippen LogP contribution in [0.5, 0.6) is 0 Å². The number of benzene rings is 3. The van der Waals surface area contributed by atoms with Crippen LogP contribution in [-0.2, 0) is 6.18 Å². The van der Waals surface area contributed by atoms with Crippen molar-refractivity contribution in [2.75, 3.05) is 5.32 Å². The Morgan fingerprint density at radius 2 is 1.68 bits per heavy atom. The number of nitrogens with zero attached hydrogens (tertiary/aromatic N) is 1. The fourth-order valence-corrected chi connectivity index (χ4v) is 4.80. The zero-order chi connectivity index (χ0) is 29.0. The molecule has 1 aromatic heterocycles. The highest BCUT2D eigenvalue weighted by atomic mass is 35.5. The molecule has 1 aliphatic rings. The number of hydrogen-bond acceptors (Lipinski definition) is 3. The second kappa shape index (κ2) is 9.89. The zero-order valence-corrected chi connectivity index (χ0v) is 20.4. The highest BCUT2D eigenvalue weighted by Crippen LogP contribution is 2.50. The van der Waals surface area contributed by atoms with Gasteiger partial charge in [-0.25, -0.2) is 13.8 Å². The highest BCUT2D eigenvalue weighted by molar-refractivity contribution is 6.31. The van der Waals surface area contributed by atoms with Gasteiger partial charge in [0.1, 0.15) is 23.5 Å². The van der Waals surface area contributed by atoms with Crippen LogP contribution in [0.25, 0.3) is 11.4 Å². The minimum absolute atomic E-state index is 0.0824. The predicted octanol–water partition coefficient (Wildman–Crippen LogP) is 7.58. The number of halogens is 9. The molecule has 2 heterocycles. The number of aromatic amines is 1. The van der Waals surface area contributed by atoms with Gasteiger partial charge in [-0.3, -0.25) is 10.1 Å². The van der Waals surface area contributed by atoms with Crippen LogP contribution in [0.15, 0.2) is 60.9 Å². The van der Waals surface area contributed by atoms with E-state index in [9.17, 15) is 39.9 Å². The third-order valence-corrected chi connectivity index (χ3v) is 6.59. The Morgan fingerprint density at radius 1 is 0.925 bits per heavy atom. The molecule has 5 rings (SSSR count). The number of rotatable bonds is 4. The summed E-state index contributed by atoms with van der Waals surface area (Å²) in [4.78, 5) is 19.8. The Kier molecular flexibility index (Phi) is 6.83. The molecular formula is C26H15ClF8N4O. The molecular weight excluding hydrogens is 572 g/mol. The molecule has 0 bridgehead atoms. The Bertz CT molecular complexity index is 1600. The van der Waals surface area contributed by atoms with Crippen molar-refractivity contribution in [3.05, 3.63) is 105 Å². The monoisotopic (exact) mass is 586 g/mol. The van der Waals surface area contributed by atoms with Crippen molar-refractivity contribution < 1.29 is 39.9 Å². The average Bonchev–Trinajstić information content (AvgIpc) is 3.53. The summed E-state index contributed by atoms with van der Waals surface area (Å²) in [6.45, 7) is 0. The van der Waals surface area contributed by atoms with Gasteiger partial charge in [-0.2, -0.15) is 26.3 Å². The lowest BCUT2D eigenvalue weighted by Gasteiger charge is -2.20. The fraction of sp³-hybridized carbons (Fsp3) is 0.154. The molecule has 3 N–H and O–H groups in total. The van der Waals surface area contributed by atoms with Crippen molar-refractivity contribution in [2.24, 2.45) is 0 Å². The largest absolute Gasteiger partial charge is 0.416 e. The van der Waals surface area contributed by atoms with Crippen molar-refractivity contribution in [1.82, 2.24) is 15.3 Å². The Hall–Kier alpha value is -3.97. The third kappa shape index (κ3) is 5.26. The van der Waals surface area contributed by atoms with E-state index in [-0.39, 0.29) is 44.9 Å². The second-order valence-electron chi connectivity index (χ2n) is 8.89. The molecule has 0 spiro atoms. The maximum atomic E-state index is 14.2. The molecule has 1 aliphatic heterocycles. The summed E-state index contributed by atoms with van der Waals surface area (Å²) in [7, 11) is 0. The number of amides is 1. The lowest BCUT2D eigenvalue weighted by Crippen LogP contribution is -2.31. The minimum atomic E-state index is -4.97. The van der Waals surface area contributed by atoms with Crippen LogP contribution in [0.4, 0.5) is 40.8 Å². The molecule has 4 aromatic rings. The van der Waals surface area contributed by atoms with E-state index in [1.165, 1.54) is 24.5 Å². The highest BCUT2D eigenvalue weighted by Gasteiger charge is 2.49. The first kappa shape index (κ1) is 27.6. The molecule has 1 amide bonds. The van der Waals surface area contributed by atoms with Gasteiger partial charge in [-0.05, 0) is 59.7 Å². The number of carbonyl (C=O) groups excluding carboxylic acids is 1. The van der Waals surface area contributed by atoms with Crippen molar-refractivity contribution in [3.8, 4) is 11.4 Å². The zero-order valence-electron chi connectivity index (χ0n) is 19.7. The van der Waals surface area contributed by atoms with Crippen LogP contribution in [-0.4, -0.2) is 22.1 Å². The van der Waals surface area contributed by atoms with Gasteiger partial charge in [0.05, 0.1) is 11.6 Å². The van der Waals surface area contributed by atoms with E-state index >= 15 is 0 Å². The molecule has 2 atom stereocenters. The summed E-state index contributed by atoms with van der Waals surface area (Å²) in [6.07, 6.45) is -7.10. The molecule has 0 aliphatic carbocycles. The number of H-pyrrole nitrogens is 1. The molecule has 208 valence electrons. The smallest absolute Gasteiger partial charge is 0.345 e. The number of fused-ring (bicyclic) bond motifs is 1. The van der Waals surface area contributed by atoms with Crippen molar-refractivity contribution >= 4 is 23.2 Å². The maximum Gasteiger partial charge on any atom is 0.416 e. The van der Waals surface area contributed by atoms with E-state index < -0.39 is 53.1 Å². The Balaban J connectivity index is 1.70. The van der Waals surface area contributed by atoms with Crippen LogP contribution in [0.1, 0.15) is 44.7 Å².